The summed E-state index contributed by atoms with van der Waals surface area (Å²) >= 11 is 0. The number of aliphatic hydroxyl groups is 1. The number of nitrogens with zero attached hydrogens (tertiary/aromatic N) is 2. The van der Waals surface area contributed by atoms with Gasteiger partial charge in [-0.15, -0.1) is 0 Å². The Kier molecular flexibility index (Phi) is 6.37. The standard InChI is InChI=1S/C15H19N3O3/c1-11(15(21)18(2)3)17-14(20)13-12(7-4-5-10-19)8-6-9-16-13/h6,8-9,11,19H,5,10H2,1-3H3,(H,17,20). The van der Waals surface area contributed by atoms with Crippen LogP contribution in [0.1, 0.15) is 29.4 Å². The molecule has 6 heteroatoms. The third-order valence-electron chi connectivity index (χ3n) is 2.64. The lowest BCUT2D eigenvalue weighted by molar-refractivity contribution is -0.130. The van der Waals surface area contributed by atoms with E-state index in [1.807, 2.05) is 0 Å². The number of hydrogen-bond donors (Lipinski definition) is 2. The average molecular weight is 289 g/mol. The summed E-state index contributed by atoms with van der Waals surface area (Å²) in [6.07, 6.45) is 1.82. The SMILES string of the molecule is CC(NC(=O)c1ncccc1C#CCCO)C(=O)N(C)C. The molecule has 1 aromatic rings. The number of pyridine rings is 1. The largest absolute Gasteiger partial charge is 0.395 e. The predicted octanol–water partition coefficient (Wildman–Crippen LogP) is 0.0220. The van der Waals surface area contributed by atoms with E-state index >= 15 is 0 Å². The third-order valence-corrected chi connectivity index (χ3v) is 2.64. The first-order valence-corrected chi connectivity index (χ1v) is 6.54. The zero-order chi connectivity index (χ0) is 15.8. The van der Waals surface area contributed by atoms with Gasteiger partial charge in [-0.1, -0.05) is 11.8 Å². The number of amides is 2. The molecule has 0 aliphatic heterocycles. The molecule has 1 aromatic heterocycles. The molecule has 0 saturated carbocycles. The fraction of sp³-hybridized carbons (Fsp3) is 0.400. The molecule has 1 rings (SSSR count). The normalized spacial score (nSPS) is 11.0. The lowest BCUT2D eigenvalue weighted by Crippen LogP contribution is -2.44. The Morgan fingerprint density at radius 1 is 1.48 bits per heavy atom. The molecule has 0 bridgehead atoms. The summed E-state index contributed by atoms with van der Waals surface area (Å²) in [5, 5.41) is 11.3. The minimum absolute atomic E-state index is 0.0385. The molecule has 1 heterocycles. The van der Waals surface area contributed by atoms with Crippen molar-refractivity contribution >= 4 is 11.8 Å². The van der Waals surface area contributed by atoms with Crippen molar-refractivity contribution in [3.63, 3.8) is 0 Å². The summed E-state index contributed by atoms with van der Waals surface area (Å²) in [5.74, 6) is 4.88. The van der Waals surface area contributed by atoms with Crippen LogP contribution in [0.15, 0.2) is 18.3 Å². The molecular weight excluding hydrogens is 270 g/mol. The van der Waals surface area contributed by atoms with Crippen LogP contribution in [0.3, 0.4) is 0 Å². The molecule has 1 unspecified atom stereocenters. The van der Waals surface area contributed by atoms with E-state index < -0.39 is 11.9 Å². The topological polar surface area (TPSA) is 82.5 Å². The van der Waals surface area contributed by atoms with Crippen LogP contribution < -0.4 is 5.32 Å². The van der Waals surface area contributed by atoms with Crippen molar-refractivity contribution in [2.75, 3.05) is 20.7 Å². The maximum Gasteiger partial charge on any atom is 0.271 e. The maximum atomic E-state index is 12.2. The highest BCUT2D eigenvalue weighted by Gasteiger charge is 2.20. The van der Waals surface area contributed by atoms with Crippen molar-refractivity contribution in [2.24, 2.45) is 0 Å². The molecular formula is C15H19N3O3. The van der Waals surface area contributed by atoms with Gasteiger partial charge in [-0.25, -0.2) is 4.98 Å². The highest BCUT2D eigenvalue weighted by atomic mass is 16.2. The number of nitrogens with one attached hydrogen (secondary N) is 1. The lowest BCUT2D eigenvalue weighted by atomic mass is 10.1. The van der Waals surface area contributed by atoms with Crippen molar-refractivity contribution in [3.8, 4) is 11.8 Å². The zero-order valence-corrected chi connectivity index (χ0v) is 12.4. The summed E-state index contributed by atoms with van der Waals surface area (Å²) in [6, 6.07) is 2.70. The molecule has 112 valence electrons. The van der Waals surface area contributed by atoms with Crippen LogP contribution in [0.2, 0.25) is 0 Å². The van der Waals surface area contributed by atoms with E-state index in [-0.39, 0.29) is 18.2 Å². The molecule has 2 N–H and O–H groups in total. The van der Waals surface area contributed by atoms with Crippen molar-refractivity contribution in [1.82, 2.24) is 15.2 Å². The summed E-state index contributed by atoms with van der Waals surface area (Å²) in [5.41, 5.74) is 0.634. The first kappa shape index (κ1) is 16.7. The Labute approximate surface area is 124 Å². The van der Waals surface area contributed by atoms with Crippen molar-refractivity contribution in [1.29, 1.82) is 0 Å². The van der Waals surface area contributed by atoms with Crippen molar-refractivity contribution in [2.45, 2.75) is 19.4 Å². The smallest absolute Gasteiger partial charge is 0.271 e. The van der Waals surface area contributed by atoms with Gasteiger partial charge in [-0.05, 0) is 19.1 Å². The Balaban J connectivity index is 2.88. The first-order chi connectivity index (χ1) is 9.97. The molecule has 2 amide bonds. The van der Waals surface area contributed by atoms with Crippen LogP contribution in [0, 0.1) is 11.8 Å². The molecule has 0 spiro atoms. The quantitative estimate of drug-likeness (QED) is 0.766. The number of hydrogen-bond acceptors (Lipinski definition) is 4. The third kappa shape index (κ3) is 4.89. The highest BCUT2D eigenvalue weighted by molar-refractivity contribution is 5.97. The van der Waals surface area contributed by atoms with Gasteiger partial charge in [-0.3, -0.25) is 9.59 Å². The average Bonchev–Trinajstić information content (AvgIpc) is 2.46. The molecule has 0 aliphatic rings. The molecule has 0 radical (unpaired) electrons. The van der Waals surface area contributed by atoms with Crippen LogP contribution in [0.25, 0.3) is 0 Å². The van der Waals surface area contributed by atoms with Crippen LogP contribution in [-0.4, -0.2) is 53.5 Å². The van der Waals surface area contributed by atoms with Gasteiger partial charge in [0, 0.05) is 26.7 Å². The number of aromatic nitrogens is 1. The molecule has 0 aliphatic carbocycles. The molecule has 6 nitrogen and oxygen atoms in total. The van der Waals surface area contributed by atoms with Gasteiger partial charge < -0.3 is 15.3 Å². The predicted molar refractivity (Wildman–Crippen MR) is 78.4 cm³/mol. The minimum Gasteiger partial charge on any atom is -0.395 e. The monoisotopic (exact) mass is 289 g/mol. The summed E-state index contributed by atoms with van der Waals surface area (Å²) in [7, 11) is 3.25. The fourth-order valence-electron chi connectivity index (χ4n) is 1.61. The molecule has 1 atom stereocenters. The van der Waals surface area contributed by atoms with Crippen LogP contribution in [0.4, 0.5) is 0 Å². The van der Waals surface area contributed by atoms with E-state index in [1.54, 1.807) is 33.2 Å². The van der Waals surface area contributed by atoms with Crippen molar-refractivity contribution in [3.05, 3.63) is 29.6 Å². The van der Waals surface area contributed by atoms with Gasteiger partial charge in [-0.2, -0.15) is 0 Å². The maximum absolute atomic E-state index is 12.2. The fourth-order valence-corrected chi connectivity index (χ4v) is 1.61. The lowest BCUT2D eigenvalue weighted by Gasteiger charge is -2.17. The number of aliphatic hydroxyl groups excluding tert-OH is 1. The minimum atomic E-state index is -0.646. The number of carbonyl (C=O) groups excluding carboxylic acids is 2. The Hall–Kier alpha value is -2.39. The van der Waals surface area contributed by atoms with Crippen LogP contribution >= 0.6 is 0 Å². The van der Waals surface area contributed by atoms with E-state index in [4.69, 9.17) is 5.11 Å². The summed E-state index contributed by atoms with van der Waals surface area (Å²) < 4.78 is 0. The Morgan fingerprint density at radius 2 is 2.19 bits per heavy atom. The molecule has 0 fully saturated rings. The molecule has 0 saturated heterocycles. The zero-order valence-electron chi connectivity index (χ0n) is 12.4. The second-order valence-electron chi connectivity index (χ2n) is 4.60. The van der Waals surface area contributed by atoms with Gasteiger partial charge in [0.2, 0.25) is 5.91 Å². The summed E-state index contributed by atoms with van der Waals surface area (Å²) in [4.78, 5) is 29.3. The van der Waals surface area contributed by atoms with E-state index in [2.05, 4.69) is 22.1 Å². The summed E-state index contributed by atoms with van der Waals surface area (Å²) in [6.45, 7) is 1.57. The number of carbonyl (C=O) groups is 2. The van der Waals surface area contributed by atoms with Crippen molar-refractivity contribution < 1.29 is 14.7 Å². The van der Waals surface area contributed by atoms with Gasteiger partial charge in [0.05, 0.1) is 12.2 Å². The van der Waals surface area contributed by atoms with E-state index in [1.165, 1.54) is 11.1 Å². The van der Waals surface area contributed by atoms with Crippen LogP contribution in [-0.2, 0) is 4.79 Å². The molecule has 21 heavy (non-hydrogen) atoms. The van der Waals surface area contributed by atoms with Crippen LogP contribution in [0.5, 0.6) is 0 Å². The molecule has 0 aromatic carbocycles. The Bertz CT molecular complexity index is 573. The Morgan fingerprint density at radius 3 is 2.81 bits per heavy atom. The first-order valence-electron chi connectivity index (χ1n) is 6.54. The van der Waals surface area contributed by atoms with Gasteiger partial charge in [0.1, 0.15) is 11.7 Å². The number of likely N-dealkylation sites (N-methyl/N-ethyl adjacent to an activating group) is 1. The van der Waals surface area contributed by atoms with E-state index in [0.29, 0.717) is 12.0 Å². The van der Waals surface area contributed by atoms with E-state index in [0.717, 1.165) is 0 Å². The second-order valence-corrected chi connectivity index (χ2v) is 4.60. The van der Waals surface area contributed by atoms with Gasteiger partial charge in [0.25, 0.3) is 5.91 Å². The number of rotatable bonds is 4. The second kappa shape index (κ2) is 8.02. The van der Waals surface area contributed by atoms with E-state index in [9.17, 15) is 9.59 Å². The highest BCUT2D eigenvalue weighted by Crippen LogP contribution is 2.04. The van der Waals surface area contributed by atoms with Gasteiger partial charge in [0.15, 0.2) is 0 Å². The van der Waals surface area contributed by atoms with Gasteiger partial charge >= 0.3 is 0 Å².